The quantitative estimate of drug-likeness (QED) is 0.330. The zero-order chi connectivity index (χ0) is 24.9. The highest BCUT2D eigenvalue weighted by Gasteiger charge is 2.29. The highest BCUT2D eigenvalue weighted by Crippen LogP contribution is 2.38. The summed E-state index contributed by atoms with van der Waals surface area (Å²) in [6.45, 7) is 8.47. The van der Waals surface area contributed by atoms with Gasteiger partial charge in [-0.15, -0.1) is 0 Å². The number of nitrogens with one attached hydrogen (secondary N) is 2. The van der Waals surface area contributed by atoms with Gasteiger partial charge in [0.15, 0.2) is 0 Å². The lowest BCUT2D eigenvalue weighted by atomic mass is 9.99. The van der Waals surface area contributed by atoms with Crippen LogP contribution in [0.2, 0.25) is 0 Å². The van der Waals surface area contributed by atoms with Crippen molar-refractivity contribution in [2.45, 2.75) is 33.4 Å². The molecule has 0 aliphatic carbocycles. The van der Waals surface area contributed by atoms with Gasteiger partial charge in [-0.25, -0.2) is 4.79 Å². The van der Waals surface area contributed by atoms with E-state index in [9.17, 15) is 9.59 Å². The van der Waals surface area contributed by atoms with E-state index in [1.165, 1.54) is 12.7 Å². The van der Waals surface area contributed by atoms with Crippen molar-refractivity contribution in [1.29, 1.82) is 0 Å². The van der Waals surface area contributed by atoms with E-state index in [0.29, 0.717) is 28.6 Å². The first-order valence-electron chi connectivity index (χ1n) is 11.8. The molecule has 0 bridgehead atoms. The molecule has 1 aliphatic heterocycles. The lowest BCUT2D eigenvalue weighted by Gasteiger charge is -2.24. The molecule has 0 saturated heterocycles. The normalized spacial score (nSPS) is 14.1. The Morgan fingerprint density at radius 1 is 1.00 bits per heavy atom. The molecular formula is C29H31N3O3. The molecule has 1 heterocycles. The summed E-state index contributed by atoms with van der Waals surface area (Å²) >= 11 is 0. The van der Waals surface area contributed by atoms with Gasteiger partial charge in [0.2, 0.25) is 0 Å². The van der Waals surface area contributed by atoms with Gasteiger partial charge in [-0.2, -0.15) is 0 Å². The number of ether oxygens (including phenoxy) is 1. The van der Waals surface area contributed by atoms with Gasteiger partial charge in [-0.05, 0) is 55.8 Å². The van der Waals surface area contributed by atoms with Crippen LogP contribution in [0, 0.1) is 0 Å². The maximum Gasteiger partial charge on any atom is 0.337 e. The van der Waals surface area contributed by atoms with Crippen LogP contribution in [-0.4, -0.2) is 36.5 Å². The summed E-state index contributed by atoms with van der Waals surface area (Å²) in [6.07, 6.45) is 0. The fraction of sp³-hybridized carbons (Fsp3) is 0.241. The molecule has 3 aromatic carbocycles. The van der Waals surface area contributed by atoms with Crippen LogP contribution in [0.15, 0.2) is 72.8 Å². The molecule has 0 fully saturated rings. The van der Waals surface area contributed by atoms with Crippen molar-refractivity contribution < 1.29 is 14.3 Å². The highest BCUT2D eigenvalue weighted by molar-refractivity contribution is 6.37. The molecule has 4 rings (SSSR count). The number of esters is 1. The first-order valence-corrected chi connectivity index (χ1v) is 11.8. The van der Waals surface area contributed by atoms with E-state index >= 15 is 0 Å². The number of nitrogens with zero attached hydrogens (tertiary/aromatic N) is 1. The van der Waals surface area contributed by atoms with Crippen LogP contribution in [0.4, 0.5) is 11.4 Å². The van der Waals surface area contributed by atoms with Gasteiger partial charge in [-0.3, -0.25) is 9.69 Å². The average molecular weight is 470 g/mol. The van der Waals surface area contributed by atoms with E-state index in [0.717, 1.165) is 29.9 Å². The molecule has 2 N–H and O–H groups in total. The van der Waals surface area contributed by atoms with Crippen LogP contribution in [-0.2, 0) is 16.1 Å². The van der Waals surface area contributed by atoms with Crippen LogP contribution in [0.5, 0.6) is 0 Å². The van der Waals surface area contributed by atoms with E-state index in [1.807, 2.05) is 42.5 Å². The summed E-state index contributed by atoms with van der Waals surface area (Å²) in [5.74, 6) is -0.666. The predicted octanol–water partition coefficient (Wildman–Crippen LogP) is 5.64. The minimum absolute atomic E-state index is 0.222. The Kier molecular flexibility index (Phi) is 7.32. The topological polar surface area (TPSA) is 70.7 Å². The Balaban J connectivity index is 1.71. The van der Waals surface area contributed by atoms with Gasteiger partial charge >= 0.3 is 5.97 Å². The van der Waals surface area contributed by atoms with E-state index in [4.69, 9.17) is 4.74 Å². The number of anilines is 2. The molecule has 0 saturated carbocycles. The fourth-order valence-electron chi connectivity index (χ4n) is 4.28. The van der Waals surface area contributed by atoms with E-state index in [-0.39, 0.29) is 5.91 Å². The molecule has 1 aliphatic rings. The summed E-state index contributed by atoms with van der Waals surface area (Å²) in [5.41, 5.74) is 5.97. The van der Waals surface area contributed by atoms with Crippen molar-refractivity contribution in [2.24, 2.45) is 0 Å². The summed E-state index contributed by atoms with van der Waals surface area (Å²) in [7, 11) is 1.34. The van der Waals surface area contributed by atoms with E-state index in [2.05, 4.69) is 48.4 Å². The summed E-state index contributed by atoms with van der Waals surface area (Å²) in [5, 5.41) is 6.39. The van der Waals surface area contributed by atoms with Gasteiger partial charge in [0.25, 0.3) is 5.91 Å². The molecular weight excluding hydrogens is 438 g/mol. The summed E-state index contributed by atoms with van der Waals surface area (Å²) < 4.78 is 4.82. The van der Waals surface area contributed by atoms with Crippen LogP contribution in [0.25, 0.3) is 11.3 Å². The molecule has 1 amide bonds. The lowest BCUT2D eigenvalue weighted by Crippen LogP contribution is -2.29. The van der Waals surface area contributed by atoms with Crippen molar-refractivity contribution in [3.8, 4) is 0 Å². The summed E-state index contributed by atoms with van der Waals surface area (Å²) in [6, 6.07) is 23.7. The number of amides is 1. The van der Waals surface area contributed by atoms with Gasteiger partial charge in [0.1, 0.15) is 0 Å². The molecule has 180 valence electrons. The third kappa shape index (κ3) is 5.28. The average Bonchev–Trinajstić information content (AvgIpc) is 3.21. The maximum absolute atomic E-state index is 13.1. The molecule has 0 atom stereocenters. The van der Waals surface area contributed by atoms with Crippen molar-refractivity contribution in [1.82, 2.24) is 4.90 Å². The first-order chi connectivity index (χ1) is 16.9. The number of hydrogen-bond acceptors (Lipinski definition) is 5. The number of benzene rings is 3. The zero-order valence-electron chi connectivity index (χ0n) is 20.6. The monoisotopic (exact) mass is 469 g/mol. The van der Waals surface area contributed by atoms with Crippen molar-refractivity contribution in [2.75, 3.05) is 24.3 Å². The van der Waals surface area contributed by atoms with E-state index < -0.39 is 5.97 Å². The zero-order valence-corrected chi connectivity index (χ0v) is 20.6. The second-order valence-electron chi connectivity index (χ2n) is 8.80. The van der Waals surface area contributed by atoms with Crippen molar-refractivity contribution in [3.63, 3.8) is 0 Å². The molecule has 0 spiro atoms. The van der Waals surface area contributed by atoms with Crippen LogP contribution in [0.3, 0.4) is 0 Å². The number of hydrogen-bond donors (Lipinski definition) is 2. The van der Waals surface area contributed by atoms with Gasteiger partial charge in [0, 0.05) is 23.8 Å². The summed E-state index contributed by atoms with van der Waals surface area (Å²) in [4.78, 5) is 27.5. The minimum Gasteiger partial charge on any atom is -0.465 e. The number of fused-ring (bicyclic) bond motifs is 1. The first kappa shape index (κ1) is 24.2. The third-order valence-corrected chi connectivity index (χ3v) is 6.24. The number of methoxy groups -OCH3 is 1. The van der Waals surface area contributed by atoms with Crippen LogP contribution >= 0.6 is 0 Å². The Morgan fingerprint density at radius 2 is 1.71 bits per heavy atom. The highest BCUT2D eigenvalue weighted by atomic mass is 16.5. The Hall–Kier alpha value is -3.90. The lowest BCUT2D eigenvalue weighted by molar-refractivity contribution is -0.110. The van der Waals surface area contributed by atoms with Crippen LogP contribution in [0.1, 0.15) is 47.8 Å². The van der Waals surface area contributed by atoms with Gasteiger partial charge in [0.05, 0.1) is 29.6 Å². The SMILES string of the molecule is CCN(Cc1ccc(N/C(=C2\C(=O)Nc3cc(C(=O)OC)ccc32)c2ccccc2)cc1)C(C)C. The Bertz CT molecular complexity index is 1250. The third-order valence-electron chi connectivity index (χ3n) is 6.24. The second kappa shape index (κ2) is 10.6. The standard InChI is InChI=1S/C29H31N3O3/c1-5-32(19(2)3)18-20-11-14-23(15-12-20)30-27(21-9-7-6-8-10-21)26-24-16-13-22(29(34)35-4)17-25(24)31-28(26)33/h6-17,19,30H,5,18H2,1-4H3,(H,31,33)/b27-26-. The Morgan fingerprint density at radius 3 is 2.34 bits per heavy atom. The fourth-order valence-corrected chi connectivity index (χ4v) is 4.28. The molecule has 3 aromatic rings. The van der Waals surface area contributed by atoms with E-state index in [1.54, 1.807) is 18.2 Å². The second-order valence-corrected chi connectivity index (χ2v) is 8.80. The number of rotatable bonds is 8. The number of carbonyl (C=O) groups is 2. The van der Waals surface area contributed by atoms with Crippen LogP contribution < -0.4 is 10.6 Å². The molecule has 6 heteroatoms. The molecule has 35 heavy (non-hydrogen) atoms. The van der Waals surface area contributed by atoms with Gasteiger partial charge < -0.3 is 15.4 Å². The molecule has 0 unspecified atom stereocenters. The molecule has 6 nitrogen and oxygen atoms in total. The van der Waals surface area contributed by atoms with Gasteiger partial charge in [-0.1, -0.05) is 55.5 Å². The van der Waals surface area contributed by atoms with Crippen molar-refractivity contribution in [3.05, 3.63) is 95.1 Å². The smallest absolute Gasteiger partial charge is 0.337 e. The molecule has 0 radical (unpaired) electrons. The maximum atomic E-state index is 13.1. The number of carbonyl (C=O) groups excluding carboxylic acids is 2. The van der Waals surface area contributed by atoms with Crippen molar-refractivity contribution >= 4 is 34.5 Å². The largest absolute Gasteiger partial charge is 0.465 e. The molecule has 0 aromatic heterocycles. The predicted molar refractivity (Wildman–Crippen MR) is 141 cm³/mol. The Labute approximate surface area is 206 Å². The minimum atomic E-state index is -0.444.